The molecule has 1 N–H and O–H groups in total. The molecule has 1 atom stereocenters. The molecule has 10 heteroatoms. The standard InChI is InChI=1S/C18H19N5O4S/c1-3-13(24)10-6-22(7-10)14-5-4-11-15(25)12(17(26)27)8-23(16(11)20-14)18-21(2)9-19-28-18/h4-5,8-10,18H,3,6-7H2,1-2H3,(H,26,27). The van der Waals surface area contributed by atoms with E-state index in [1.54, 1.807) is 23.0 Å². The number of carboxylic acids is 1. The predicted molar refractivity (Wildman–Crippen MR) is 107 cm³/mol. The molecule has 28 heavy (non-hydrogen) atoms. The number of aromatic nitrogens is 2. The van der Waals surface area contributed by atoms with E-state index in [2.05, 4.69) is 9.38 Å². The fourth-order valence-corrected chi connectivity index (χ4v) is 4.18. The van der Waals surface area contributed by atoms with E-state index in [1.807, 2.05) is 23.8 Å². The van der Waals surface area contributed by atoms with Crippen LogP contribution in [-0.4, -0.2) is 57.8 Å². The Kier molecular flexibility index (Phi) is 4.58. The van der Waals surface area contributed by atoms with E-state index in [0.29, 0.717) is 31.0 Å². The molecule has 1 unspecified atom stereocenters. The molecule has 146 valence electrons. The minimum absolute atomic E-state index is 0.0176. The molecule has 0 aromatic carbocycles. The van der Waals surface area contributed by atoms with Crippen LogP contribution in [0.15, 0.2) is 27.5 Å². The van der Waals surface area contributed by atoms with Crippen molar-refractivity contribution in [3.63, 3.8) is 0 Å². The van der Waals surface area contributed by atoms with Crippen LogP contribution in [0.25, 0.3) is 11.0 Å². The molecule has 4 rings (SSSR count). The highest BCUT2D eigenvalue weighted by Crippen LogP contribution is 2.33. The summed E-state index contributed by atoms with van der Waals surface area (Å²) in [7, 11) is 1.82. The molecule has 0 bridgehead atoms. The van der Waals surface area contributed by atoms with Gasteiger partial charge < -0.3 is 14.9 Å². The maximum Gasteiger partial charge on any atom is 0.341 e. The van der Waals surface area contributed by atoms with Gasteiger partial charge in [0.25, 0.3) is 0 Å². The number of fused-ring (bicyclic) bond motifs is 1. The molecule has 0 amide bonds. The Balaban J connectivity index is 1.79. The van der Waals surface area contributed by atoms with E-state index in [9.17, 15) is 19.5 Å². The van der Waals surface area contributed by atoms with E-state index < -0.39 is 11.4 Å². The molecule has 2 aromatic rings. The number of carbonyl (C=O) groups is 2. The lowest BCUT2D eigenvalue weighted by Crippen LogP contribution is -2.50. The Labute approximate surface area is 164 Å². The number of aromatic carboxylic acids is 1. The van der Waals surface area contributed by atoms with Crippen molar-refractivity contribution in [3.05, 3.63) is 34.1 Å². The third-order valence-corrected chi connectivity index (χ3v) is 6.04. The topological polar surface area (TPSA) is 108 Å². The molecule has 1 saturated heterocycles. The fraction of sp³-hybridized carbons (Fsp3) is 0.389. The third kappa shape index (κ3) is 2.93. The highest BCUT2D eigenvalue weighted by molar-refractivity contribution is 7.98. The van der Waals surface area contributed by atoms with Crippen LogP contribution < -0.4 is 10.3 Å². The molecule has 0 radical (unpaired) electrons. The number of Topliss-reactive ketones (excluding diaryl/α,β-unsaturated/α-hetero) is 1. The summed E-state index contributed by atoms with van der Waals surface area (Å²) in [6, 6.07) is 3.31. The van der Waals surface area contributed by atoms with Crippen molar-refractivity contribution >= 4 is 46.9 Å². The Hall–Kier alpha value is -2.88. The quantitative estimate of drug-likeness (QED) is 0.753. The number of hydrogen-bond acceptors (Lipinski definition) is 8. The first-order valence-corrected chi connectivity index (χ1v) is 9.72. The lowest BCUT2D eigenvalue weighted by Gasteiger charge is -2.39. The minimum atomic E-state index is -1.28. The van der Waals surface area contributed by atoms with Crippen molar-refractivity contribution in [2.24, 2.45) is 10.3 Å². The van der Waals surface area contributed by atoms with Gasteiger partial charge >= 0.3 is 5.97 Å². The first kappa shape index (κ1) is 18.5. The number of carboxylic acid groups (broad SMARTS) is 1. The zero-order valence-corrected chi connectivity index (χ0v) is 16.2. The van der Waals surface area contributed by atoms with Crippen LogP contribution in [0.3, 0.4) is 0 Å². The summed E-state index contributed by atoms with van der Waals surface area (Å²) in [5, 5.41) is 9.67. The van der Waals surface area contributed by atoms with Gasteiger partial charge in [0, 0.05) is 44.7 Å². The van der Waals surface area contributed by atoms with E-state index in [4.69, 9.17) is 0 Å². The molecule has 2 aromatic heterocycles. The number of nitrogens with zero attached hydrogens (tertiary/aromatic N) is 5. The SMILES string of the molecule is CCC(=O)C1CN(c2ccc3c(=O)c(C(=O)O)cn(C4SN=CN4C)c3n2)C1. The van der Waals surface area contributed by atoms with Crippen molar-refractivity contribution in [3.8, 4) is 0 Å². The van der Waals surface area contributed by atoms with Crippen LogP contribution >= 0.6 is 11.9 Å². The number of carbonyl (C=O) groups excluding carboxylic acids is 1. The summed E-state index contributed by atoms with van der Waals surface area (Å²) in [4.78, 5) is 44.4. The number of pyridine rings is 2. The monoisotopic (exact) mass is 401 g/mol. The summed E-state index contributed by atoms with van der Waals surface area (Å²) < 4.78 is 5.81. The second-order valence-corrected chi connectivity index (χ2v) is 7.71. The van der Waals surface area contributed by atoms with Crippen LogP contribution in [0.1, 0.15) is 29.2 Å². The normalized spacial score (nSPS) is 19.3. The largest absolute Gasteiger partial charge is 0.477 e. The van der Waals surface area contributed by atoms with Gasteiger partial charge in [-0.25, -0.2) is 14.2 Å². The van der Waals surface area contributed by atoms with Crippen molar-refractivity contribution in [2.45, 2.75) is 18.8 Å². The third-order valence-electron chi connectivity index (χ3n) is 5.07. The average molecular weight is 401 g/mol. The summed E-state index contributed by atoms with van der Waals surface area (Å²) in [5.41, 5.74) is -0.810. The van der Waals surface area contributed by atoms with Gasteiger partial charge in [-0.3, -0.25) is 14.2 Å². The van der Waals surface area contributed by atoms with Gasteiger partial charge in [-0.1, -0.05) is 6.92 Å². The van der Waals surface area contributed by atoms with Gasteiger partial charge in [0.05, 0.1) is 11.3 Å². The molecule has 9 nitrogen and oxygen atoms in total. The van der Waals surface area contributed by atoms with Gasteiger partial charge in [-0.05, 0) is 12.1 Å². The lowest BCUT2D eigenvalue weighted by molar-refractivity contribution is -0.123. The van der Waals surface area contributed by atoms with Gasteiger partial charge in [0.2, 0.25) is 5.43 Å². The molecule has 0 spiro atoms. The van der Waals surface area contributed by atoms with E-state index >= 15 is 0 Å². The fourth-order valence-electron chi connectivity index (χ4n) is 3.41. The van der Waals surface area contributed by atoms with E-state index in [-0.39, 0.29) is 28.1 Å². The number of ketones is 1. The van der Waals surface area contributed by atoms with Crippen LogP contribution in [0, 0.1) is 5.92 Å². The van der Waals surface area contributed by atoms with Crippen molar-refractivity contribution in [1.29, 1.82) is 0 Å². The van der Waals surface area contributed by atoms with E-state index in [1.165, 1.54) is 18.1 Å². The molecule has 1 fully saturated rings. The number of rotatable bonds is 5. The van der Waals surface area contributed by atoms with Crippen molar-refractivity contribution in [1.82, 2.24) is 14.5 Å². The molecule has 0 saturated carbocycles. The maximum atomic E-state index is 12.6. The Morgan fingerprint density at radius 2 is 2.07 bits per heavy atom. The minimum Gasteiger partial charge on any atom is -0.477 e. The summed E-state index contributed by atoms with van der Waals surface area (Å²) in [5.74, 6) is -0.361. The molecule has 4 heterocycles. The Morgan fingerprint density at radius 1 is 1.32 bits per heavy atom. The molecular weight excluding hydrogens is 382 g/mol. The summed E-state index contributed by atoms with van der Waals surface area (Å²) in [6.45, 7) is 3.06. The van der Waals surface area contributed by atoms with Crippen LogP contribution in [0.4, 0.5) is 5.82 Å². The molecule has 2 aliphatic rings. The van der Waals surface area contributed by atoms with Gasteiger partial charge in [0.15, 0.2) is 5.50 Å². The first-order chi connectivity index (χ1) is 13.4. The Morgan fingerprint density at radius 3 is 2.68 bits per heavy atom. The molecule has 0 aliphatic carbocycles. The van der Waals surface area contributed by atoms with E-state index in [0.717, 1.165) is 0 Å². The summed E-state index contributed by atoms with van der Waals surface area (Å²) in [6.07, 6.45) is 3.48. The zero-order valence-electron chi connectivity index (χ0n) is 15.4. The molecule has 2 aliphatic heterocycles. The van der Waals surface area contributed by atoms with Gasteiger partial charge in [-0.15, -0.1) is 0 Å². The second kappa shape index (κ2) is 6.93. The highest BCUT2D eigenvalue weighted by Gasteiger charge is 2.33. The Bertz CT molecular complexity index is 1060. The summed E-state index contributed by atoms with van der Waals surface area (Å²) >= 11 is 1.25. The first-order valence-electron chi connectivity index (χ1n) is 8.88. The van der Waals surface area contributed by atoms with Gasteiger partial charge in [0.1, 0.15) is 29.2 Å². The zero-order chi connectivity index (χ0) is 20.0. The van der Waals surface area contributed by atoms with Crippen molar-refractivity contribution < 1.29 is 14.7 Å². The maximum absolute atomic E-state index is 12.6. The van der Waals surface area contributed by atoms with Crippen LogP contribution in [0.5, 0.6) is 0 Å². The second-order valence-electron chi connectivity index (χ2n) is 6.86. The highest BCUT2D eigenvalue weighted by atomic mass is 32.2. The van der Waals surface area contributed by atoms with Crippen LogP contribution in [0.2, 0.25) is 0 Å². The molecular formula is C18H19N5O4S. The number of hydrogen-bond donors (Lipinski definition) is 1. The predicted octanol–water partition coefficient (Wildman–Crippen LogP) is 1.59. The van der Waals surface area contributed by atoms with Crippen LogP contribution in [-0.2, 0) is 4.79 Å². The number of anilines is 1. The average Bonchev–Trinajstić information content (AvgIpc) is 3.06. The van der Waals surface area contributed by atoms with Crippen molar-refractivity contribution in [2.75, 3.05) is 25.0 Å². The smallest absolute Gasteiger partial charge is 0.341 e. The lowest BCUT2D eigenvalue weighted by atomic mass is 9.94. The van der Waals surface area contributed by atoms with Gasteiger partial charge in [-0.2, -0.15) is 0 Å².